The standard InChI is InChI=1S/C12H16ClNO.ClH/c1-2-12(9-14-7-8-15-12)10-3-5-11(13)6-4-10;/h3-6,14H,2,7-9H2,1H3;1H. The molecule has 1 atom stereocenters. The fourth-order valence-corrected chi connectivity index (χ4v) is 2.16. The molecule has 2 nitrogen and oxygen atoms in total. The number of morpholine rings is 1. The molecule has 0 aromatic heterocycles. The minimum absolute atomic E-state index is 0. The molecule has 1 aliphatic heterocycles. The molecule has 1 aromatic rings. The van der Waals surface area contributed by atoms with Crippen LogP contribution >= 0.6 is 24.0 Å². The van der Waals surface area contributed by atoms with Crippen molar-refractivity contribution in [3.05, 3.63) is 34.9 Å². The first kappa shape index (κ1) is 13.8. The van der Waals surface area contributed by atoms with Gasteiger partial charge < -0.3 is 10.1 Å². The molecule has 1 N–H and O–H groups in total. The van der Waals surface area contributed by atoms with Crippen LogP contribution in [0.5, 0.6) is 0 Å². The second-order valence-electron chi connectivity index (χ2n) is 3.88. The van der Waals surface area contributed by atoms with Gasteiger partial charge in [0.1, 0.15) is 5.60 Å². The van der Waals surface area contributed by atoms with Gasteiger partial charge in [0.25, 0.3) is 0 Å². The van der Waals surface area contributed by atoms with Crippen LogP contribution in [0.2, 0.25) is 5.02 Å². The van der Waals surface area contributed by atoms with Gasteiger partial charge in [-0.05, 0) is 24.1 Å². The molecular formula is C12H17Cl2NO. The highest BCUT2D eigenvalue weighted by molar-refractivity contribution is 6.30. The minimum Gasteiger partial charge on any atom is -0.368 e. The Kier molecular flexibility index (Phi) is 5.06. The number of ether oxygens (including phenoxy) is 1. The average Bonchev–Trinajstić information content (AvgIpc) is 2.31. The Morgan fingerprint density at radius 1 is 1.38 bits per heavy atom. The first-order valence-electron chi connectivity index (χ1n) is 5.37. The molecule has 0 saturated carbocycles. The van der Waals surface area contributed by atoms with Gasteiger partial charge in [-0.3, -0.25) is 0 Å². The monoisotopic (exact) mass is 261 g/mol. The van der Waals surface area contributed by atoms with E-state index >= 15 is 0 Å². The molecule has 1 aromatic carbocycles. The Bertz CT molecular complexity index is 320. The van der Waals surface area contributed by atoms with Crippen LogP contribution in [0.4, 0.5) is 0 Å². The maximum absolute atomic E-state index is 5.94. The molecule has 4 heteroatoms. The van der Waals surface area contributed by atoms with Gasteiger partial charge in [0, 0.05) is 18.1 Å². The summed E-state index contributed by atoms with van der Waals surface area (Å²) in [5.41, 5.74) is 1.05. The Morgan fingerprint density at radius 3 is 2.56 bits per heavy atom. The number of halogens is 2. The third-order valence-corrected chi connectivity index (χ3v) is 3.26. The van der Waals surface area contributed by atoms with Crippen LogP contribution < -0.4 is 5.32 Å². The summed E-state index contributed by atoms with van der Waals surface area (Å²) in [6, 6.07) is 7.95. The zero-order chi connectivity index (χ0) is 10.7. The second-order valence-corrected chi connectivity index (χ2v) is 4.32. The topological polar surface area (TPSA) is 21.3 Å². The van der Waals surface area contributed by atoms with Crippen molar-refractivity contribution < 1.29 is 4.74 Å². The first-order chi connectivity index (χ1) is 7.27. The van der Waals surface area contributed by atoms with Crippen LogP contribution in [0, 0.1) is 0 Å². The van der Waals surface area contributed by atoms with Gasteiger partial charge in [-0.2, -0.15) is 0 Å². The summed E-state index contributed by atoms with van der Waals surface area (Å²) in [4.78, 5) is 0. The summed E-state index contributed by atoms with van der Waals surface area (Å²) in [6.07, 6.45) is 0.974. The van der Waals surface area contributed by atoms with Crippen LogP contribution in [0.1, 0.15) is 18.9 Å². The highest BCUT2D eigenvalue weighted by Gasteiger charge is 2.33. The predicted molar refractivity (Wildman–Crippen MR) is 69.5 cm³/mol. The van der Waals surface area contributed by atoms with Crippen molar-refractivity contribution in [1.82, 2.24) is 5.32 Å². The molecule has 0 bridgehead atoms. The Hall–Kier alpha value is -0.280. The fraction of sp³-hybridized carbons (Fsp3) is 0.500. The summed E-state index contributed by atoms with van der Waals surface area (Å²) in [5, 5.41) is 4.15. The van der Waals surface area contributed by atoms with Crippen molar-refractivity contribution in [3.63, 3.8) is 0 Å². The zero-order valence-electron chi connectivity index (χ0n) is 9.33. The van der Waals surface area contributed by atoms with E-state index in [0.29, 0.717) is 0 Å². The lowest BCUT2D eigenvalue weighted by Crippen LogP contribution is -2.47. The molecule has 0 radical (unpaired) electrons. The molecule has 0 amide bonds. The highest BCUT2D eigenvalue weighted by atomic mass is 35.5. The van der Waals surface area contributed by atoms with Crippen LogP contribution in [-0.4, -0.2) is 19.7 Å². The van der Waals surface area contributed by atoms with E-state index in [2.05, 4.69) is 24.4 Å². The van der Waals surface area contributed by atoms with E-state index in [4.69, 9.17) is 16.3 Å². The van der Waals surface area contributed by atoms with Crippen LogP contribution in [-0.2, 0) is 10.3 Å². The highest BCUT2D eigenvalue weighted by Crippen LogP contribution is 2.31. The van der Waals surface area contributed by atoms with E-state index in [0.717, 1.165) is 31.1 Å². The van der Waals surface area contributed by atoms with Gasteiger partial charge in [0.05, 0.1) is 6.61 Å². The van der Waals surface area contributed by atoms with Gasteiger partial charge in [0.2, 0.25) is 0 Å². The molecule has 1 saturated heterocycles. The van der Waals surface area contributed by atoms with Crippen LogP contribution in [0.3, 0.4) is 0 Å². The molecule has 1 unspecified atom stereocenters. The Balaban J connectivity index is 0.00000128. The lowest BCUT2D eigenvalue weighted by atomic mass is 9.90. The zero-order valence-corrected chi connectivity index (χ0v) is 10.9. The Labute approximate surface area is 108 Å². The summed E-state index contributed by atoms with van der Waals surface area (Å²) in [7, 11) is 0. The van der Waals surface area contributed by atoms with Gasteiger partial charge >= 0.3 is 0 Å². The Morgan fingerprint density at radius 2 is 2.06 bits per heavy atom. The fourth-order valence-electron chi connectivity index (χ4n) is 2.03. The molecule has 16 heavy (non-hydrogen) atoms. The molecule has 1 heterocycles. The van der Waals surface area contributed by atoms with Crippen molar-refractivity contribution in [3.8, 4) is 0 Å². The maximum Gasteiger partial charge on any atom is 0.105 e. The third kappa shape index (κ3) is 2.69. The van der Waals surface area contributed by atoms with E-state index in [9.17, 15) is 0 Å². The van der Waals surface area contributed by atoms with Crippen molar-refractivity contribution in [2.24, 2.45) is 0 Å². The van der Waals surface area contributed by atoms with Crippen LogP contribution in [0.15, 0.2) is 24.3 Å². The molecule has 90 valence electrons. The quantitative estimate of drug-likeness (QED) is 0.884. The SMILES string of the molecule is CCC1(c2ccc(Cl)cc2)CNCCO1.Cl. The number of nitrogens with one attached hydrogen (secondary N) is 1. The van der Waals surface area contributed by atoms with E-state index in [1.54, 1.807) is 0 Å². The number of benzene rings is 1. The first-order valence-corrected chi connectivity index (χ1v) is 5.75. The number of hydrogen-bond acceptors (Lipinski definition) is 2. The third-order valence-electron chi connectivity index (χ3n) is 3.01. The molecule has 1 fully saturated rings. The molecule has 0 spiro atoms. The normalized spacial score (nSPS) is 24.9. The average molecular weight is 262 g/mol. The van der Waals surface area contributed by atoms with E-state index in [1.165, 1.54) is 5.56 Å². The summed E-state index contributed by atoms with van der Waals surface area (Å²) >= 11 is 5.88. The molecular weight excluding hydrogens is 245 g/mol. The van der Waals surface area contributed by atoms with E-state index < -0.39 is 0 Å². The van der Waals surface area contributed by atoms with E-state index in [1.807, 2.05) is 12.1 Å². The largest absolute Gasteiger partial charge is 0.368 e. The smallest absolute Gasteiger partial charge is 0.105 e. The van der Waals surface area contributed by atoms with Crippen molar-refractivity contribution in [2.75, 3.05) is 19.7 Å². The molecule has 0 aliphatic carbocycles. The van der Waals surface area contributed by atoms with Crippen molar-refractivity contribution >= 4 is 24.0 Å². The van der Waals surface area contributed by atoms with Gasteiger partial charge in [0.15, 0.2) is 0 Å². The summed E-state index contributed by atoms with van der Waals surface area (Å²) in [5.74, 6) is 0. The van der Waals surface area contributed by atoms with Gasteiger partial charge in [-0.15, -0.1) is 12.4 Å². The van der Waals surface area contributed by atoms with Crippen molar-refractivity contribution in [1.29, 1.82) is 0 Å². The van der Waals surface area contributed by atoms with Gasteiger partial charge in [-0.25, -0.2) is 0 Å². The number of rotatable bonds is 2. The minimum atomic E-state index is -0.164. The van der Waals surface area contributed by atoms with Gasteiger partial charge in [-0.1, -0.05) is 30.7 Å². The molecule has 2 rings (SSSR count). The van der Waals surface area contributed by atoms with E-state index in [-0.39, 0.29) is 18.0 Å². The summed E-state index contributed by atoms with van der Waals surface area (Å²) < 4.78 is 5.94. The maximum atomic E-state index is 5.94. The number of hydrogen-bond donors (Lipinski definition) is 1. The summed E-state index contributed by atoms with van der Waals surface area (Å²) in [6.45, 7) is 4.75. The lowest BCUT2D eigenvalue weighted by Gasteiger charge is -2.37. The molecule has 1 aliphatic rings. The van der Waals surface area contributed by atoms with Crippen LogP contribution in [0.25, 0.3) is 0 Å². The second kappa shape index (κ2) is 5.87. The lowest BCUT2D eigenvalue weighted by molar-refractivity contribution is -0.0737. The van der Waals surface area contributed by atoms with Crippen molar-refractivity contribution in [2.45, 2.75) is 18.9 Å². The predicted octanol–water partition coefficient (Wildman–Crippen LogP) is 2.99.